The van der Waals surface area contributed by atoms with Gasteiger partial charge in [0.2, 0.25) is 0 Å². The van der Waals surface area contributed by atoms with Gasteiger partial charge >= 0.3 is 0 Å². The topological polar surface area (TPSA) is 0 Å². The molecule has 2 aromatic carbocycles. The van der Waals surface area contributed by atoms with Gasteiger partial charge in [0, 0.05) is 0 Å². The summed E-state index contributed by atoms with van der Waals surface area (Å²) < 4.78 is 0. The van der Waals surface area contributed by atoms with Crippen LogP contribution >= 0.6 is 0 Å². The van der Waals surface area contributed by atoms with Crippen LogP contribution in [0.15, 0.2) is 110 Å². The molecule has 0 saturated heterocycles. The quantitative estimate of drug-likeness (QED) is 0.354. The Labute approximate surface area is 186 Å². The molecule has 0 fully saturated rings. The normalized spacial score (nSPS) is 13.4. The van der Waals surface area contributed by atoms with Crippen LogP contribution in [0.1, 0.15) is 59.6 Å². The van der Waals surface area contributed by atoms with E-state index < -0.39 is 0 Å². The van der Waals surface area contributed by atoms with Gasteiger partial charge < -0.3 is 0 Å². The number of benzene rings is 2. The predicted octanol–water partition coefficient (Wildman–Crippen LogP) is 9.46. The molecule has 0 aromatic heterocycles. The smallest absolute Gasteiger partial charge is 0.0670 e. The minimum atomic E-state index is -0.247. The first-order valence-electron chi connectivity index (χ1n) is 11.0. The fraction of sp³-hybridized carbons (Fsp3) is 0.267. The Morgan fingerprint density at radius 2 is 1.23 bits per heavy atom. The number of hydrogen-bond donors (Lipinski definition) is 0. The maximum Gasteiger partial charge on any atom is 0.0670 e. The third-order valence-corrected chi connectivity index (χ3v) is 5.00. The Bertz CT molecular complexity index is 829. The highest BCUT2D eigenvalue weighted by atomic mass is 14.5. The Hall–Kier alpha value is -2.86. The zero-order chi connectivity index (χ0) is 23.2. The minimum Gasteiger partial charge on any atom is -0.106 e. The lowest BCUT2D eigenvalue weighted by Gasteiger charge is -2.35. The molecule has 2 aromatic rings. The monoisotopic (exact) mass is 400 g/mol. The summed E-state index contributed by atoms with van der Waals surface area (Å²) >= 11 is 0. The first-order valence-corrected chi connectivity index (χ1v) is 11.0. The molecule has 0 aliphatic heterocycles. The molecule has 0 amide bonds. The van der Waals surface area contributed by atoms with Gasteiger partial charge in [0.05, 0.1) is 5.41 Å². The molecular weight excluding hydrogens is 360 g/mol. The van der Waals surface area contributed by atoms with Gasteiger partial charge in [0.1, 0.15) is 0 Å². The van der Waals surface area contributed by atoms with Crippen molar-refractivity contribution in [1.29, 1.82) is 0 Å². The van der Waals surface area contributed by atoms with E-state index in [0.717, 1.165) is 0 Å². The van der Waals surface area contributed by atoms with Crippen LogP contribution < -0.4 is 0 Å². The largest absolute Gasteiger partial charge is 0.106 e. The van der Waals surface area contributed by atoms with E-state index in [1.807, 2.05) is 33.8 Å². The zero-order valence-corrected chi connectivity index (χ0v) is 20.1. The van der Waals surface area contributed by atoms with Crippen molar-refractivity contribution in [1.82, 2.24) is 0 Å². The van der Waals surface area contributed by atoms with E-state index in [1.54, 1.807) is 0 Å². The van der Waals surface area contributed by atoms with Gasteiger partial charge in [-0.3, -0.25) is 0 Å². The van der Waals surface area contributed by atoms with Crippen LogP contribution in [0.25, 0.3) is 11.1 Å². The average Bonchev–Trinajstić information content (AvgIpc) is 3.13. The zero-order valence-electron chi connectivity index (χ0n) is 20.1. The van der Waals surface area contributed by atoms with Crippen LogP contribution in [-0.2, 0) is 5.41 Å². The van der Waals surface area contributed by atoms with Gasteiger partial charge in [-0.15, -0.1) is 13.2 Å². The molecule has 1 aliphatic carbocycles. The second kappa shape index (κ2) is 14.2. The van der Waals surface area contributed by atoms with Crippen LogP contribution in [0.5, 0.6) is 0 Å². The maximum absolute atomic E-state index is 3.93. The summed E-state index contributed by atoms with van der Waals surface area (Å²) in [5.74, 6) is 0. The molecule has 0 atom stereocenters. The van der Waals surface area contributed by atoms with E-state index in [9.17, 15) is 0 Å². The van der Waals surface area contributed by atoms with Crippen LogP contribution in [0.4, 0.5) is 0 Å². The summed E-state index contributed by atoms with van der Waals surface area (Å²) in [7, 11) is 0. The first-order chi connectivity index (χ1) is 14.7. The number of fused-ring (bicyclic) bond motifs is 3. The molecule has 30 heavy (non-hydrogen) atoms. The summed E-state index contributed by atoms with van der Waals surface area (Å²) in [6.45, 7) is 24.4. The fourth-order valence-electron chi connectivity index (χ4n) is 4.12. The van der Waals surface area contributed by atoms with E-state index in [1.165, 1.54) is 33.4 Å². The lowest BCUT2D eigenvalue weighted by molar-refractivity contribution is 0.743. The van der Waals surface area contributed by atoms with Crippen LogP contribution in [0.2, 0.25) is 0 Å². The maximum atomic E-state index is 3.93. The fourth-order valence-corrected chi connectivity index (χ4v) is 4.12. The molecule has 0 heteroatoms. The van der Waals surface area contributed by atoms with E-state index in [-0.39, 0.29) is 5.41 Å². The third kappa shape index (κ3) is 4.82. The lowest BCUT2D eigenvalue weighted by Crippen LogP contribution is -2.29. The van der Waals surface area contributed by atoms with Crippen LogP contribution in [0, 0.1) is 0 Å². The number of allylic oxidation sites excluding steroid dienone is 7. The summed E-state index contributed by atoms with van der Waals surface area (Å²) in [6.07, 6.45) is 10.6. The molecule has 0 radical (unpaired) electrons. The van der Waals surface area contributed by atoms with Gasteiger partial charge in [-0.05, 0) is 48.6 Å². The Kier molecular flexibility index (Phi) is 12.8. The SMILES string of the molecule is C=C.C=C/C=C(\C)C1(C(/C=C\C)=C/C)c2ccccc2-c2ccccc21.CC.CC. The van der Waals surface area contributed by atoms with Gasteiger partial charge in [-0.25, -0.2) is 0 Å². The lowest BCUT2D eigenvalue weighted by atomic mass is 9.67. The Balaban J connectivity index is 0.00000129. The number of hydrogen-bond acceptors (Lipinski definition) is 0. The van der Waals surface area contributed by atoms with Crippen molar-refractivity contribution in [2.45, 2.75) is 53.9 Å². The second-order valence-electron chi connectivity index (χ2n) is 6.17. The highest BCUT2D eigenvalue weighted by Crippen LogP contribution is 2.56. The molecule has 1 aliphatic rings. The standard InChI is InChI=1S/C24H24.2C2H6.C2H4/c1-5-12-18(4)24(19(7-3)13-6-2)22-16-10-8-14-20(22)21-15-9-11-17-23(21)24;3*1-2/h5-17H,1H2,2-4H3;2*1-2H3;1-2H2/b13-6-,18-12+,19-7+;;;. The summed E-state index contributed by atoms with van der Waals surface area (Å²) in [6, 6.07) is 17.5. The van der Waals surface area contributed by atoms with Gasteiger partial charge in [-0.2, -0.15) is 0 Å². The van der Waals surface area contributed by atoms with Gasteiger partial charge in [0.15, 0.2) is 0 Å². The van der Waals surface area contributed by atoms with E-state index in [2.05, 4.69) is 113 Å². The molecule has 0 heterocycles. The number of rotatable bonds is 4. The van der Waals surface area contributed by atoms with Crippen LogP contribution in [-0.4, -0.2) is 0 Å². The highest BCUT2D eigenvalue weighted by Gasteiger charge is 2.45. The van der Waals surface area contributed by atoms with Crippen molar-refractivity contribution in [3.8, 4) is 11.1 Å². The highest BCUT2D eigenvalue weighted by molar-refractivity contribution is 5.86. The molecule has 0 spiro atoms. The first kappa shape index (κ1) is 27.1. The van der Waals surface area contributed by atoms with Crippen molar-refractivity contribution in [2.75, 3.05) is 0 Å². The second-order valence-corrected chi connectivity index (χ2v) is 6.17. The molecule has 160 valence electrons. The van der Waals surface area contributed by atoms with Crippen molar-refractivity contribution >= 4 is 0 Å². The van der Waals surface area contributed by atoms with Crippen molar-refractivity contribution in [3.05, 3.63) is 121 Å². The Morgan fingerprint density at radius 1 is 0.800 bits per heavy atom. The average molecular weight is 401 g/mol. The summed E-state index contributed by atoms with van der Waals surface area (Å²) in [5.41, 5.74) is 7.71. The van der Waals surface area contributed by atoms with E-state index in [4.69, 9.17) is 0 Å². The molecular formula is C30H40. The summed E-state index contributed by atoms with van der Waals surface area (Å²) in [4.78, 5) is 0. The van der Waals surface area contributed by atoms with Gasteiger partial charge in [-0.1, -0.05) is 119 Å². The predicted molar refractivity (Wildman–Crippen MR) is 139 cm³/mol. The molecule has 0 bridgehead atoms. The van der Waals surface area contributed by atoms with Crippen molar-refractivity contribution < 1.29 is 0 Å². The molecule has 0 nitrogen and oxygen atoms in total. The van der Waals surface area contributed by atoms with Crippen LogP contribution in [0.3, 0.4) is 0 Å². The Morgan fingerprint density at radius 3 is 1.60 bits per heavy atom. The van der Waals surface area contributed by atoms with Gasteiger partial charge in [0.25, 0.3) is 0 Å². The minimum absolute atomic E-state index is 0.247. The van der Waals surface area contributed by atoms with E-state index >= 15 is 0 Å². The van der Waals surface area contributed by atoms with Crippen molar-refractivity contribution in [2.24, 2.45) is 0 Å². The van der Waals surface area contributed by atoms with Crippen molar-refractivity contribution in [3.63, 3.8) is 0 Å². The molecule has 0 N–H and O–H groups in total. The molecule has 3 rings (SSSR count). The summed E-state index contributed by atoms with van der Waals surface area (Å²) in [5, 5.41) is 0. The van der Waals surface area contributed by atoms with E-state index in [0.29, 0.717) is 0 Å². The molecule has 0 saturated carbocycles. The third-order valence-electron chi connectivity index (χ3n) is 5.00. The molecule has 0 unspecified atom stereocenters.